The number of hydrogen-bond acceptors (Lipinski definition) is 8. The largest absolute Gasteiger partial charge is 0.470 e. The maximum atomic E-state index is 10.8. The van der Waals surface area contributed by atoms with E-state index in [1.165, 1.54) is 0 Å². The second-order valence-corrected chi connectivity index (χ2v) is 8.70. The minimum atomic E-state index is -5.40. The summed E-state index contributed by atoms with van der Waals surface area (Å²) in [6.07, 6.45) is -4.59. The van der Waals surface area contributed by atoms with Crippen LogP contribution in [0, 0.1) is 0 Å². The third-order valence-corrected chi connectivity index (χ3v) is 3.84. The van der Waals surface area contributed by atoms with Gasteiger partial charge in [0.05, 0.1) is 13.2 Å². The molecule has 0 radical (unpaired) electrons. The Labute approximate surface area is 133 Å². The molecule has 0 aromatic heterocycles. The standard InChI is InChI=1S/C4H14O16P4/c5-21(6,7)17-1-3(19-23(11,12)13)4(20-24(14,15)16)2-18-22(8,9)10/h3-4H,1-2H2,(H2,5,6,7)(H2,8,9,10)(H2,11,12,13)(H2,14,15,16)/t3-,4-/m1/s1. The molecule has 0 amide bonds. The van der Waals surface area contributed by atoms with Gasteiger partial charge in [-0.3, -0.25) is 18.1 Å². The van der Waals surface area contributed by atoms with Gasteiger partial charge in [-0.1, -0.05) is 0 Å². The molecule has 24 heavy (non-hydrogen) atoms. The van der Waals surface area contributed by atoms with Crippen molar-refractivity contribution in [3.63, 3.8) is 0 Å². The van der Waals surface area contributed by atoms with Crippen LogP contribution in [0.4, 0.5) is 0 Å². The highest BCUT2D eigenvalue weighted by atomic mass is 31.2. The van der Waals surface area contributed by atoms with E-state index in [4.69, 9.17) is 39.1 Å². The van der Waals surface area contributed by atoms with E-state index in [0.717, 1.165) is 0 Å². The van der Waals surface area contributed by atoms with Crippen LogP contribution in [0.5, 0.6) is 0 Å². The van der Waals surface area contributed by atoms with Crippen LogP contribution >= 0.6 is 31.3 Å². The van der Waals surface area contributed by atoms with E-state index in [2.05, 4.69) is 18.1 Å². The van der Waals surface area contributed by atoms with Crippen LogP contribution in [-0.2, 0) is 36.4 Å². The van der Waals surface area contributed by atoms with Crippen LogP contribution in [0.25, 0.3) is 0 Å². The molecular formula is C4H14O16P4. The molecule has 0 aliphatic heterocycles. The molecule has 0 fully saturated rings. The molecule has 0 heterocycles. The quantitative estimate of drug-likeness (QED) is 0.163. The van der Waals surface area contributed by atoms with Crippen LogP contribution in [-0.4, -0.2) is 64.6 Å². The summed E-state index contributed by atoms with van der Waals surface area (Å²) in [7, 11) is -21.2. The fourth-order valence-electron chi connectivity index (χ4n) is 1.11. The molecule has 20 heteroatoms. The molecule has 0 saturated heterocycles. The van der Waals surface area contributed by atoms with Gasteiger partial charge in [-0.25, -0.2) is 18.3 Å². The van der Waals surface area contributed by atoms with Crippen LogP contribution in [0.1, 0.15) is 0 Å². The van der Waals surface area contributed by atoms with E-state index in [1.807, 2.05) is 0 Å². The summed E-state index contributed by atoms with van der Waals surface area (Å²) in [4.78, 5) is 68.9. The van der Waals surface area contributed by atoms with Crippen molar-refractivity contribution < 1.29 is 75.5 Å². The molecule has 0 aromatic rings. The van der Waals surface area contributed by atoms with Crippen molar-refractivity contribution in [2.75, 3.05) is 13.2 Å². The third kappa shape index (κ3) is 14.8. The van der Waals surface area contributed by atoms with Gasteiger partial charge in [-0.05, 0) is 0 Å². The molecule has 0 spiro atoms. The third-order valence-electron chi connectivity index (χ3n) is 1.77. The fraction of sp³-hybridized carbons (Fsp3) is 1.00. The molecule has 0 unspecified atom stereocenters. The molecular weight excluding hydrogens is 428 g/mol. The Balaban J connectivity index is 5.41. The van der Waals surface area contributed by atoms with Gasteiger partial charge in [0.2, 0.25) is 0 Å². The minimum Gasteiger partial charge on any atom is -0.303 e. The predicted molar refractivity (Wildman–Crippen MR) is 69.8 cm³/mol. The highest BCUT2D eigenvalue weighted by Crippen LogP contribution is 2.46. The van der Waals surface area contributed by atoms with E-state index >= 15 is 0 Å². The Bertz CT molecular complexity index is 523. The summed E-state index contributed by atoms with van der Waals surface area (Å²) in [6, 6.07) is 0. The van der Waals surface area contributed by atoms with Crippen molar-refractivity contribution in [2.45, 2.75) is 12.2 Å². The normalized spacial score (nSPS) is 16.8. The van der Waals surface area contributed by atoms with E-state index < -0.39 is 56.7 Å². The maximum Gasteiger partial charge on any atom is 0.470 e. The molecule has 0 saturated carbocycles. The summed E-state index contributed by atoms with van der Waals surface area (Å²) in [5.74, 6) is 0. The first kappa shape index (κ1) is 24.4. The van der Waals surface area contributed by atoms with Crippen LogP contribution in [0.15, 0.2) is 0 Å². The summed E-state index contributed by atoms with van der Waals surface area (Å²) < 4.78 is 58.6. The van der Waals surface area contributed by atoms with Gasteiger partial charge in [0.25, 0.3) is 0 Å². The Morgan fingerprint density at radius 1 is 0.542 bits per heavy atom. The van der Waals surface area contributed by atoms with E-state index in [1.54, 1.807) is 0 Å². The summed E-state index contributed by atoms with van der Waals surface area (Å²) in [6.45, 7) is -2.77. The van der Waals surface area contributed by atoms with Gasteiger partial charge in [-0.2, -0.15) is 0 Å². The van der Waals surface area contributed by atoms with Crippen molar-refractivity contribution in [1.29, 1.82) is 0 Å². The minimum absolute atomic E-state index is 1.38. The van der Waals surface area contributed by atoms with Crippen molar-refractivity contribution >= 4 is 31.3 Å². The number of phosphoric acid groups is 4. The lowest BCUT2D eigenvalue weighted by Crippen LogP contribution is -2.37. The van der Waals surface area contributed by atoms with E-state index in [9.17, 15) is 18.3 Å². The second-order valence-electron chi connectivity index (χ2n) is 3.84. The zero-order valence-corrected chi connectivity index (χ0v) is 14.8. The average molecular weight is 442 g/mol. The summed E-state index contributed by atoms with van der Waals surface area (Å²) >= 11 is 0. The zero-order valence-electron chi connectivity index (χ0n) is 11.2. The fourth-order valence-corrected chi connectivity index (χ4v) is 2.89. The predicted octanol–water partition coefficient (Wildman–Crippen LogP) is -1.84. The van der Waals surface area contributed by atoms with Gasteiger partial charge in [0, 0.05) is 0 Å². The van der Waals surface area contributed by atoms with E-state index in [0.29, 0.717) is 0 Å². The average Bonchev–Trinajstić information content (AvgIpc) is 2.25. The van der Waals surface area contributed by atoms with Crippen molar-refractivity contribution in [2.24, 2.45) is 0 Å². The number of hydrogen-bond donors (Lipinski definition) is 8. The first-order valence-electron chi connectivity index (χ1n) is 5.26. The number of rotatable bonds is 11. The zero-order chi connectivity index (χ0) is 19.4. The Kier molecular flexibility index (Phi) is 9.05. The topological polar surface area (TPSA) is 267 Å². The highest BCUT2D eigenvalue weighted by Gasteiger charge is 2.37. The monoisotopic (exact) mass is 442 g/mol. The van der Waals surface area contributed by atoms with Crippen molar-refractivity contribution in [3.05, 3.63) is 0 Å². The number of phosphoric ester groups is 4. The van der Waals surface area contributed by atoms with Crippen molar-refractivity contribution in [3.8, 4) is 0 Å². The van der Waals surface area contributed by atoms with Gasteiger partial charge in [0.15, 0.2) is 0 Å². The van der Waals surface area contributed by atoms with Crippen molar-refractivity contribution in [1.82, 2.24) is 0 Å². The molecule has 0 aromatic carbocycles. The van der Waals surface area contributed by atoms with Gasteiger partial charge >= 0.3 is 31.3 Å². The molecule has 0 rings (SSSR count). The Hall–Kier alpha value is 0.440. The molecule has 16 nitrogen and oxygen atoms in total. The van der Waals surface area contributed by atoms with Gasteiger partial charge in [-0.15, -0.1) is 0 Å². The van der Waals surface area contributed by atoms with Crippen LogP contribution in [0.3, 0.4) is 0 Å². The second kappa shape index (κ2) is 8.89. The lowest BCUT2D eigenvalue weighted by atomic mass is 10.2. The molecule has 2 atom stereocenters. The smallest absolute Gasteiger partial charge is 0.303 e. The molecule has 0 aliphatic carbocycles. The van der Waals surface area contributed by atoms with Gasteiger partial charge in [0.1, 0.15) is 12.2 Å². The maximum absolute atomic E-state index is 10.8. The SMILES string of the molecule is O=P(O)(O)OC[C@@H](OP(=O)(O)O)[C@@H](COP(=O)(O)O)OP(=O)(O)O. The molecule has 8 N–H and O–H groups in total. The van der Waals surface area contributed by atoms with Gasteiger partial charge < -0.3 is 39.1 Å². The molecule has 0 aliphatic rings. The lowest BCUT2D eigenvalue weighted by Gasteiger charge is -2.27. The summed E-state index contributed by atoms with van der Waals surface area (Å²) in [5, 5.41) is 0. The molecule has 146 valence electrons. The highest BCUT2D eigenvalue weighted by molar-refractivity contribution is 7.47. The van der Waals surface area contributed by atoms with Crippen LogP contribution in [0.2, 0.25) is 0 Å². The Morgan fingerprint density at radius 2 is 0.792 bits per heavy atom. The lowest BCUT2D eigenvalue weighted by molar-refractivity contribution is -0.0345. The Morgan fingerprint density at radius 3 is 0.958 bits per heavy atom. The van der Waals surface area contributed by atoms with E-state index in [-0.39, 0.29) is 0 Å². The first-order chi connectivity index (χ1) is 10.4. The first-order valence-corrected chi connectivity index (χ1v) is 11.4. The molecule has 0 bridgehead atoms. The summed E-state index contributed by atoms with van der Waals surface area (Å²) in [5.41, 5.74) is 0. The van der Waals surface area contributed by atoms with Crippen LogP contribution < -0.4 is 0 Å².